The quantitative estimate of drug-likeness (QED) is 0.0369. The summed E-state index contributed by atoms with van der Waals surface area (Å²) in [6, 6.07) is 0. The fourth-order valence-electron chi connectivity index (χ4n) is 5.12. The Labute approximate surface area is 301 Å². The van der Waals surface area contributed by atoms with Gasteiger partial charge in [0.25, 0.3) is 0 Å². The third-order valence-electron chi connectivity index (χ3n) is 7.84. The van der Waals surface area contributed by atoms with Crippen LogP contribution in [0.3, 0.4) is 0 Å². The van der Waals surface area contributed by atoms with Crippen molar-refractivity contribution in [1.82, 2.24) is 0 Å². The lowest BCUT2D eigenvalue weighted by molar-refractivity contribution is -0.161. The first-order valence-corrected chi connectivity index (χ1v) is 19.9. The third kappa shape index (κ3) is 34.7. The molecule has 0 amide bonds. The van der Waals surface area contributed by atoms with E-state index in [1.807, 2.05) is 0 Å². The van der Waals surface area contributed by atoms with Crippen molar-refractivity contribution in [3.63, 3.8) is 0 Å². The Bertz CT molecular complexity index is 1090. The van der Waals surface area contributed by atoms with E-state index in [9.17, 15) is 19.0 Å². The highest BCUT2D eigenvalue weighted by atomic mass is 31.2. The second-order valence-corrected chi connectivity index (χ2v) is 13.7. The first kappa shape index (κ1) is 32.0. The fourth-order valence-corrected chi connectivity index (χ4v) is 5.88. The molecule has 0 aliphatic rings. The summed E-state index contributed by atoms with van der Waals surface area (Å²) < 4.78 is 102. The number of ether oxygens (including phenoxy) is 2. The lowest BCUT2D eigenvalue weighted by Gasteiger charge is -2.19. The molecule has 2 atom stereocenters. The maximum absolute atomic E-state index is 12.5. The van der Waals surface area contributed by atoms with Gasteiger partial charge >= 0.3 is 19.8 Å². The van der Waals surface area contributed by atoms with Crippen molar-refractivity contribution in [2.45, 2.75) is 200 Å². The van der Waals surface area contributed by atoms with Gasteiger partial charge in [-0.25, -0.2) is 4.57 Å². The van der Waals surface area contributed by atoms with Crippen molar-refractivity contribution >= 4 is 19.8 Å². The van der Waals surface area contributed by atoms with Crippen LogP contribution in [0.2, 0.25) is 0 Å². The zero-order valence-corrected chi connectivity index (χ0v) is 30.3. The standard InChI is InChI=1S/C37H74NO8P/c1-3-5-7-9-11-13-15-17-19-21-23-25-27-29-36(39)43-33-35(34-45-47(41,42)44-32-31-38)46-37(40)30-28-26-24-22-20-18-16-14-12-10-8-6-4-2/h35H,3-34,38H2,1-2H3,(H,41,42)/t35-/m1/s1/i1D3,3D2,5D2,7D2. The zero-order chi connectivity index (χ0) is 42.6. The van der Waals surface area contributed by atoms with E-state index in [1.165, 1.54) is 57.8 Å². The Balaban J connectivity index is 4.36. The van der Waals surface area contributed by atoms with E-state index in [4.69, 9.17) is 36.6 Å². The number of hydrogen-bond acceptors (Lipinski definition) is 8. The predicted molar refractivity (Wildman–Crippen MR) is 192 cm³/mol. The molecule has 0 radical (unpaired) electrons. The van der Waals surface area contributed by atoms with Gasteiger partial charge < -0.3 is 20.1 Å². The number of phosphoric acid groups is 1. The Morgan fingerprint density at radius 2 is 1.15 bits per heavy atom. The number of unbranched alkanes of at least 4 members (excludes halogenated alkanes) is 20. The van der Waals surface area contributed by atoms with Gasteiger partial charge in [-0.3, -0.25) is 18.6 Å². The number of carbonyl (C=O) groups excluding carboxylic acids is 2. The van der Waals surface area contributed by atoms with Crippen molar-refractivity contribution in [2.24, 2.45) is 5.73 Å². The molecule has 0 saturated heterocycles. The van der Waals surface area contributed by atoms with Crippen molar-refractivity contribution in [3.8, 4) is 0 Å². The summed E-state index contributed by atoms with van der Waals surface area (Å²) in [6.45, 7) is -2.09. The van der Waals surface area contributed by atoms with Crippen LogP contribution in [0.5, 0.6) is 0 Å². The Hall–Kier alpha value is -0.990. The van der Waals surface area contributed by atoms with Gasteiger partial charge in [-0.2, -0.15) is 0 Å². The molecule has 0 aliphatic carbocycles. The van der Waals surface area contributed by atoms with Gasteiger partial charge in [0.1, 0.15) is 6.61 Å². The van der Waals surface area contributed by atoms with Crippen LogP contribution in [0, 0.1) is 0 Å². The molecule has 3 N–H and O–H groups in total. The molecule has 10 heteroatoms. The highest BCUT2D eigenvalue weighted by molar-refractivity contribution is 7.47. The van der Waals surface area contributed by atoms with Crippen LogP contribution in [0.15, 0.2) is 0 Å². The molecule has 0 spiro atoms. The summed E-state index contributed by atoms with van der Waals surface area (Å²) >= 11 is 0. The van der Waals surface area contributed by atoms with Crippen LogP contribution in [-0.2, 0) is 32.7 Å². The number of rotatable bonds is 37. The van der Waals surface area contributed by atoms with Crippen molar-refractivity contribution in [2.75, 3.05) is 26.4 Å². The summed E-state index contributed by atoms with van der Waals surface area (Å²) in [5.41, 5.74) is 5.32. The smallest absolute Gasteiger partial charge is 0.462 e. The number of hydrogen-bond donors (Lipinski definition) is 2. The van der Waals surface area contributed by atoms with Gasteiger partial charge in [0.05, 0.1) is 13.2 Å². The molecule has 0 rings (SSSR count). The molecular formula is C37H74NO8P. The molecule has 0 aromatic rings. The summed E-state index contributed by atoms with van der Waals surface area (Å²) in [6.07, 6.45) is 11.7. The van der Waals surface area contributed by atoms with E-state index in [-0.39, 0.29) is 39.0 Å². The van der Waals surface area contributed by atoms with Gasteiger partial charge in [0.2, 0.25) is 0 Å². The monoisotopic (exact) mass is 701 g/mol. The summed E-state index contributed by atoms with van der Waals surface area (Å²) in [4.78, 5) is 34.8. The van der Waals surface area contributed by atoms with E-state index in [0.29, 0.717) is 25.7 Å². The first-order valence-electron chi connectivity index (χ1n) is 22.9. The van der Waals surface area contributed by atoms with Gasteiger partial charge in [0, 0.05) is 31.7 Å². The topological polar surface area (TPSA) is 134 Å². The molecule has 1 unspecified atom stereocenters. The van der Waals surface area contributed by atoms with Crippen LogP contribution in [0.1, 0.15) is 206 Å². The van der Waals surface area contributed by atoms with Gasteiger partial charge in [0.15, 0.2) is 6.10 Å². The molecule has 0 fully saturated rings. The molecule has 0 aromatic carbocycles. The Morgan fingerprint density at radius 1 is 0.681 bits per heavy atom. The maximum Gasteiger partial charge on any atom is 0.472 e. The van der Waals surface area contributed by atoms with E-state index < -0.39 is 58.4 Å². The van der Waals surface area contributed by atoms with Crippen molar-refractivity contribution in [3.05, 3.63) is 0 Å². The number of carbonyl (C=O) groups is 2. The van der Waals surface area contributed by atoms with Crippen LogP contribution in [-0.4, -0.2) is 49.3 Å². The van der Waals surface area contributed by atoms with Gasteiger partial charge in [-0.05, 0) is 12.8 Å². The van der Waals surface area contributed by atoms with Crippen molar-refractivity contribution in [1.29, 1.82) is 0 Å². The summed E-state index contributed by atoms with van der Waals surface area (Å²) in [5, 5.41) is 0. The average molecular weight is 701 g/mol. The zero-order valence-electron chi connectivity index (χ0n) is 38.4. The lowest BCUT2D eigenvalue weighted by atomic mass is 10.0. The SMILES string of the molecule is [2H]C([2H])([2H])C([2H])([2H])C([2H])([2H])C([2H])([2H])CCCCCCCCCCCC(=O)OC[C@H](COP(=O)(O)OCCN)OC(=O)CCCCCCCCCCCCCCC. The fraction of sp³-hybridized carbons (Fsp3) is 0.946. The van der Waals surface area contributed by atoms with Crippen LogP contribution in [0.4, 0.5) is 0 Å². The first-order chi connectivity index (χ1) is 26.2. The van der Waals surface area contributed by atoms with Crippen LogP contribution < -0.4 is 5.73 Å². The van der Waals surface area contributed by atoms with E-state index in [2.05, 4.69) is 6.92 Å². The second kappa shape index (κ2) is 34.9. The van der Waals surface area contributed by atoms with Crippen LogP contribution >= 0.6 is 7.82 Å². The molecule has 0 bridgehead atoms. The second-order valence-electron chi connectivity index (χ2n) is 12.3. The largest absolute Gasteiger partial charge is 0.472 e. The molecule has 0 saturated carbocycles. The van der Waals surface area contributed by atoms with E-state index in [0.717, 1.165) is 57.8 Å². The van der Waals surface area contributed by atoms with Crippen molar-refractivity contribution < 1.29 is 49.9 Å². The molecule has 9 nitrogen and oxygen atoms in total. The minimum Gasteiger partial charge on any atom is -0.462 e. The summed E-state index contributed by atoms with van der Waals surface area (Å²) in [5.74, 6) is -1.00. The third-order valence-corrected chi connectivity index (χ3v) is 8.83. The highest BCUT2D eigenvalue weighted by Gasteiger charge is 2.26. The summed E-state index contributed by atoms with van der Waals surface area (Å²) in [7, 11) is -4.44. The molecule has 0 aliphatic heterocycles. The minimum atomic E-state index is -4.44. The lowest BCUT2D eigenvalue weighted by Crippen LogP contribution is -2.29. The van der Waals surface area contributed by atoms with Crippen LogP contribution in [0.25, 0.3) is 0 Å². The normalized spacial score (nSPS) is 17.4. The Kier molecular flexibility index (Phi) is 23.7. The highest BCUT2D eigenvalue weighted by Crippen LogP contribution is 2.43. The molecular weight excluding hydrogens is 617 g/mol. The molecule has 280 valence electrons. The average Bonchev–Trinajstić information content (AvgIpc) is 3.12. The van der Waals surface area contributed by atoms with Gasteiger partial charge in [-0.1, -0.05) is 168 Å². The van der Waals surface area contributed by atoms with Gasteiger partial charge in [-0.15, -0.1) is 0 Å². The Morgan fingerprint density at radius 3 is 1.64 bits per heavy atom. The number of esters is 2. The number of phosphoric ester groups is 1. The minimum absolute atomic E-state index is 0.00830. The molecule has 0 aromatic heterocycles. The maximum atomic E-state index is 12.5. The number of nitrogens with two attached hydrogens (primary N) is 1. The van der Waals surface area contributed by atoms with E-state index in [1.54, 1.807) is 0 Å². The molecule has 0 heterocycles. The van der Waals surface area contributed by atoms with E-state index >= 15 is 0 Å². The predicted octanol–water partition coefficient (Wildman–Crippen LogP) is 10.5. The molecule has 47 heavy (non-hydrogen) atoms.